The number of para-hydroxylation sites is 7. The minimum absolute atomic E-state index is 0.197. The summed E-state index contributed by atoms with van der Waals surface area (Å²) in [6, 6.07) is 98.1. The van der Waals surface area contributed by atoms with E-state index in [1.807, 2.05) is 124 Å². The van der Waals surface area contributed by atoms with Gasteiger partial charge in [0.2, 0.25) is 5.71 Å². The predicted molar refractivity (Wildman–Crippen MR) is 586 cm³/mol. The summed E-state index contributed by atoms with van der Waals surface area (Å²) in [5.74, 6) is 7.74. The molecule has 1 N–H and O–H groups in total. The number of nitrogens with zero attached hydrogens (tertiary/aromatic N) is 13. The molecule has 25 rings (SSSR count). The molecule has 1 unspecified atom stereocenters. The Hall–Kier alpha value is -14.9. The summed E-state index contributed by atoms with van der Waals surface area (Å²) in [4.78, 5) is 42.9. The molecule has 23 heteroatoms. The molecule has 0 aliphatic carbocycles. The number of aliphatic imine (C=N–C) groups is 5. The first-order valence-corrected chi connectivity index (χ1v) is 50.8. The van der Waals surface area contributed by atoms with Crippen molar-refractivity contribution in [2.45, 2.75) is 124 Å². The topological polar surface area (TPSA) is 155 Å². The van der Waals surface area contributed by atoms with Crippen molar-refractivity contribution < 1.29 is 27.1 Å². The number of nitrogens with one attached hydrogen (secondary N) is 1. The van der Waals surface area contributed by atoms with Gasteiger partial charge in [0.25, 0.3) is 0 Å². The number of aromatic nitrogens is 2. The third kappa shape index (κ3) is 21.4. The molecule has 0 bridgehead atoms. The molecule has 0 spiro atoms. The van der Waals surface area contributed by atoms with E-state index in [1.165, 1.54) is 73.4 Å². The normalized spacial score (nSPS) is 17.8. The Balaban J connectivity index is 0.000000105. The monoisotopic (exact) mass is 2010 g/mol. The van der Waals surface area contributed by atoms with Crippen molar-refractivity contribution >= 4 is 156 Å². The quantitative estimate of drug-likeness (QED) is 0.125. The number of benzene rings is 12. The van der Waals surface area contributed by atoms with Crippen molar-refractivity contribution in [3.05, 3.63) is 417 Å². The average Bonchev–Trinajstić information content (AvgIpc) is 1.56. The highest BCUT2D eigenvalue weighted by atomic mass is 79.9. The zero-order valence-corrected chi connectivity index (χ0v) is 84.4. The standard InChI is InChI=1S/C24H20N2.C20H20ClN3.C20H19ClN2.C20H20N2O.C19H15F3N2O.C18H16BrN3O/c1-2-8-18(9-3-1)22-12-6-4-10-19(22)16-20-14-15-26-17-21-11-5-7-13-23(21)25-24(20)26;1-23(2)17-8-7-14(18(21)12-17)11-15-9-10-24-13-16-5-3-4-6-19(16)22-20(15)24;1-2-17-12-16(11-14-7-3-5-9-18(14)21)20-22-19-10-6-4-8-15(19)13-23(17)20;1-2-23-19-10-6-4-7-15(19)13-16-11-12-22-14-17-8-3-5-9-18(17)21-20(16)22;20-19(21,22)25-17-8-4-2-5-13(17)11-14-9-10-24-12-15-6-1-3-7-16(15)23-18(14)24;1-10-11(2)23-18-15(10)16(20)22-8-7-13(17(22)21-18)9-12-5-3-4-6-14(12)19/h1-13,16H,14-15,17H2;3-8,11-12H,9-10,13H2,1-2H3;3-11,17H,2,12-13H2,1H3;3-10,13H,2,11-12,14H2,1H3;1-8,11H,9-10,12H2;3-6,9,20H,7-8H2,1-2H3/b20-16+;15-11+;16-11+;16-13+;14-11+;13-9+,20-16?. The van der Waals surface area contributed by atoms with Gasteiger partial charge in [-0.2, -0.15) is 4.98 Å². The predicted octanol–water partition coefficient (Wildman–Crippen LogP) is 29.6. The summed E-state index contributed by atoms with van der Waals surface area (Å²) in [5.41, 5.74) is 30.7. The van der Waals surface area contributed by atoms with Gasteiger partial charge in [-0.15, -0.1) is 13.2 Å². The Kier molecular flexibility index (Phi) is 28.9. The molecule has 0 amide bonds. The van der Waals surface area contributed by atoms with Gasteiger partial charge in [0.1, 0.15) is 57.7 Å². The molecule has 12 aromatic carbocycles. The number of amidine groups is 5. The Labute approximate surface area is 857 Å². The fourth-order valence-corrected chi connectivity index (χ4v) is 21.0. The number of halogens is 6. The highest BCUT2D eigenvalue weighted by molar-refractivity contribution is 9.10. The van der Waals surface area contributed by atoms with Crippen LogP contribution in [0.3, 0.4) is 0 Å². The van der Waals surface area contributed by atoms with Gasteiger partial charge < -0.3 is 47.9 Å². The molecule has 1 atom stereocenters. The molecule has 724 valence electrons. The summed E-state index contributed by atoms with van der Waals surface area (Å²) < 4.78 is 56.4. The molecule has 11 aliphatic rings. The molecular formula is C121H110BrCl2F3N14O3. The summed E-state index contributed by atoms with van der Waals surface area (Å²) in [7, 11) is 4.04. The number of alkyl halides is 3. The van der Waals surface area contributed by atoms with Crippen molar-refractivity contribution in [2.75, 3.05) is 51.8 Å². The van der Waals surface area contributed by atoms with E-state index in [0.717, 1.165) is 255 Å². The molecule has 5 fully saturated rings. The van der Waals surface area contributed by atoms with Gasteiger partial charge in [0, 0.05) is 122 Å². The van der Waals surface area contributed by atoms with Crippen molar-refractivity contribution in [3.63, 3.8) is 0 Å². The number of hydrogen-bond donors (Lipinski definition) is 1. The average molecular weight is 2020 g/mol. The first-order valence-electron chi connectivity index (χ1n) is 49.2. The third-order valence-electron chi connectivity index (χ3n) is 27.7. The summed E-state index contributed by atoms with van der Waals surface area (Å²) in [6.07, 6.45) is 15.0. The molecule has 2 aromatic heterocycles. The van der Waals surface area contributed by atoms with Crippen LogP contribution in [0.2, 0.25) is 10.0 Å². The van der Waals surface area contributed by atoms with Gasteiger partial charge >= 0.3 is 6.36 Å². The molecule has 144 heavy (non-hydrogen) atoms. The van der Waals surface area contributed by atoms with Gasteiger partial charge in [0.15, 0.2) is 0 Å². The van der Waals surface area contributed by atoms with E-state index < -0.39 is 6.36 Å². The summed E-state index contributed by atoms with van der Waals surface area (Å²) in [6.45, 7) is 18.1. The zero-order valence-electron chi connectivity index (χ0n) is 81.3. The van der Waals surface area contributed by atoms with E-state index in [9.17, 15) is 13.2 Å². The van der Waals surface area contributed by atoms with Crippen LogP contribution < -0.4 is 19.9 Å². The summed E-state index contributed by atoms with van der Waals surface area (Å²) in [5, 5.41) is 10.9. The maximum Gasteiger partial charge on any atom is 0.573 e. The van der Waals surface area contributed by atoms with Gasteiger partial charge in [-0.3, -0.25) is 5.41 Å². The maximum absolute atomic E-state index is 12.6. The molecule has 5 saturated heterocycles. The fourth-order valence-electron chi connectivity index (χ4n) is 20.2. The van der Waals surface area contributed by atoms with E-state index in [1.54, 1.807) is 18.2 Å². The lowest BCUT2D eigenvalue weighted by Crippen LogP contribution is -2.34. The number of fused-ring (bicyclic) bond motifs is 12. The van der Waals surface area contributed by atoms with Gasteiger partial charge in [-0.1, -0.05) is 271 Å². The number of rotatable bonds is 12. The second-order valence-corrected chi connectivity index (χ2v) is 38.9. The van der Waals surface area contributed by atoms with E-state index in [2.05, 4.69) is 269 Å². The molecule has 14 aromatic rings. The Morgan fingerprint density at radius 1 is 0.431 bits per heavy atom. The van der Waals surface area contributed by atoms with Crippen LogP contribution in [0.15, 0.2) is 353 Å². The number of furan rings is 1. The van der Waals surface area contributed by atoms with Crippen LogP contribution in [0.5, 0.6) is 11.5 Å². The summed E-state index contributed by atoms with van der Waals surface area (Å²) >= 11 is 16.4. The van der Waals surface area contributed by atoms with Crippen molar-refractivity contribution in [1.29, 1.82) is 5.41 Å². The molecule has 0 saturated carbocycles. The van der Waals surface area contributed by atoms with Crippen molar-refractivity contribution in [3.8, 4) is 22.6 Å². The highest BCUT2D eigenvalue weighted by Crippen LogP contribution is 2.44. The van der Waals surface area contributed by atoms with Crippen LogP contribution in [-0.2, 0) is 39.3 Å². The van der Waals surface area contributed by atoms with Crippen LogP contribution in [0.4, 0.5) is 47.3 Å². The lowest BCUT2D eigenvalue weighted by Gasteiger charge is -2.29. The minimum Gasteiger partial charge on any atom is -0.493 e. The second kappa shape index (κ2) is 43.1. The highest BCUT2D eigenvalue weighted by Gasteiger charge is 2.38. The van der Waals surface area contributed by atoms with Crippen LogP contribution in [-0.4, -0.2) is 123 Å². The van der Waals surface area contributed by atoms with Crippen LogP contribution in [0.25, 0.3) is 64.3 Å². The van der Waals surface area contributed by atoms with E-state index in [0.29, 0.717) is 29.4 Å². The Morgan fingerprint density at radius 3 is 1.33 bits per heavy atom. The first kappa shape index (κ1) is 96.6. The molecule has 17 nitrogen and oxygen atoms in total. The second-order valence-electron chi connectivity index (χ2n) is 37.2. The SMILES string of the molecule is C(=C1/CCN2Cc3ccccc3N=C12)/c1ccccc1-c1ccccc1.CCC1C/C(=C\c2ccccc2Cl)C2=Nc3ccccc3CN21.CCOc1ccccc1/C=C1\CCN2Cc3ccccc3N=C12.CN(C)c1ccc(/C=C2\CCN3Cc4ccccc4N=C23)c(Cl)c1.Cc1oc2nc3n(c(=N)c2c1C)CC/C3=C\c1ccccc1Br.FC(F)(F)Oc1ccccc1/C=C1\CCN2Cc3ccccc3N=C12. The van der Waals surface area contributed by atoms with E-state index >= 15 is 0 Å². The molecule has 13 heterocycles. The fraction of sp³-hybridized carbons (Fsp3) is 0.215. The van der Waals surface area contributed by atoms with E-state index in [4.69, 9.17) is 67.7 Å². The number of aryl methyl sites for hydroxylation is 2. The van der Waals surface area contributed by atoms with Crippen molar-refractivity contribution in [2.24, 2.45) is 25.0 Å². The molecular weight excluding hydrogens is 1910 g/mol. The number of allylic oxidation sites excluding steroid dienone is 1. The lowest BCUT2D eigenvalue weighted by molar-refractivity contribution is -0.274. The zero-order chi connectivity index (χ0) is 99.1. The smallest absolute Gasteiger partial charge is 0.493 e. The molecule has 11 aliphatic heterocycles. The third-order valence-corrected chi connectivity index (χ3v) is 29.1. The van der Waals surface area contributed by atoms with Gasteiger partial charge in [-0.05, 0) is 264 Å². The van der Waals surface area contributed by atoms with Gasteiger partial charge in [0.05, 0.1) is 40.4 Å². The van der Waals surface area contributed by atoms with Crippen LogP contribution >= 0.6 is 39.1 Å². The van der Waals surface area contributed by atoms with E-state index in [-0.39, 0.29) is 5.75 Å². The number of ether oxygens (including phenoxy) is 2. The van der Waals surface area contributed by atoms with Crippen LogP contribution in [0.1, 0.15) is 137 Å². The number of hydrogen-bond acceptors (Lipinski definition) is 16. The maximum atomic E-state index is 12.6. The Morgan fingerprint density at radius 2 is 0.833 bits per heavy atom. The molecule has 0 radical (unpaired) electrons. The lowest BCUT2D eigenvalue weighted by atomic mass is 9.97. The van der Waals surface area contributed by atoms with Crippen LogP contribution in [0, 0.1) is 19.3 Å². The van der Waals surface area contributed by atoms with Crippen molar-refractivity contribution in [1.82, 2.24) is 34.1 Å². The number of anilines is 1. The first-order chi connectivity index (χ1) is 70.2. The van der Waals surface area contributed by atoms with Gasteiger partial charge in [-0.25, -0.2) is 25.0 Å². The minimum atomic E-state index is -4.71. The largest absolute Gasteiger partial charge is 0.573 e. The Bertz CT molecular complexity index is 7690.